The Bertz CT molecular complexity index is 408. The van der Waals surface area contributed by atoms with Gasteiger partial charge in [0.05, 0.1) is 0 Å². The van der Waals surface area contributed by atoms with E-state index < -0.39 is 11.5 Å². The molecule has 112 valence electrons. The summed E-state index contributed by atoms with van der Waals surface area (Å²) in [5, 5.41) is 12.5. The standard InChI is InChI=1S/C16H25NO2S/c1-13(2)17-16(3,15(18)19)10-7-11-20-12-14-8-5-4-6-9-14/h4-6,8-9,13,17H,7,10-12H2,1-3H3,(H,18,19). The first-order valence-corrected chi connectivity index (χ1v) is 8.22. The third-order valence-corrected chi connectivity index (χ3v) is 4.27. The molecular weight excluding hydrogens is 270 g/mol. The van der Waals surface area contributed by atoms with Gasteiger partial charge in [-0.15, -0.1) is 0 Å². The van der Waals surface area contributed by atoms with E-state index in [-0.39, 0.29) is 6.04 Å². The minimum Gasteiger partial charge on any atom is -0.480 e. The van der Waals surface area contributed by atoms with Crippen molar-refractivity contribution in [1.29, 1.82) is 0 Å². The number of hydrogen-bond donors (Lipinski definition) is 2. The number of carboxylic acid groups (broad SMARTS) is 1. The summed E-state index contributed by atoms with van der Waals surface area (Å²) in [5.74, 6) is 1.21. The average Bonchev–Trinajstić information content (AvgIpc) is 2.38. The van der Waals surface area contributed by atoms with Crippen LogP contribution in [-0.2, 0) is 10.5 Å². The molecule has 1 aromatic rings. The van der Waals surface area contributed by atoms with Crippen molar-refractivity contribution in [2.75, 3.05) is 5.75 Å². The Hall–Kier alpha value is -1.00. The Morgan fingerprint density at radius 3 is 2.55 bits per heavy atom. The van der Waals surface area contributed by atoms with Crippen LogP contribution < -0.4 is 5.32 Å². The molecule has 0 heterocycles. The van der Waals surface area contributed by atoms with Crippen LogP contribution in [0.25, 0.3) is 0 Å². The van der Waals surface area contributed by atoms with Crippen molar-refractivity contribution in [3.63, 3.8) is 0 Å². The molecule has 2 N–H and O–H groups in total. The average molecular weight is 295 g/mol. The number of carbonyl (C=O) groups is 1. The maximum Gasteiger partial charge on any atom is 0.323 e. The molecule has 0 radical (unpaired) electrons. The first-order valence-electron chi connectivity index (χ1n) is 7.07. The van der Waals surface area contributed by atoms with Crippen molar-refractivity contribution in [1.82, 2.24) is 5.32 Å². The Balaban J connectivity index is 2.29. The molecule has 0 aliphatic carbocycles. The van der Waals surface area contributed by atoms with Gasteiger partial charge in [0, 0.05) is 11.8 Å². The molecule has 20 heavy (non-hydrogen) atoms. The van der Waals surface area contributed by atoms with Crippen molar-refractivity contribution in [3.05, 3.63) is 35.9 Å². The lowest BCUT2D eigenvalue weighted by Gasteiger charge is -2.28. The second-order valence-corrected chi connectivity index (χ2v) is 6.68. The van der Waals surface area contributed by atoms with E-state index in [9.17, 15) is 9.90 Å². The zero-order valence-corrected chi connectivity index (χ0v) is 13.4. The molecule has 4 heteroatoms. The van der Waals surface area contributed by atoms with Crippen LogP contribution in [0, 0.1) is 0 Å². The van der Waals surface area contributed by atoms with Gasteiger partial charge in [-0.2, -0.15) is 11.8 Å². The molecule has 0 amide bonds. The second-order valence-electron chi connectivity index (χ2n) is 5.58. The quantitative estimate of drug-likeness (QED) is 0.684. The maximum absolute atomic E-state index is 11.4. The Labute approximate surface area is 126 Å². The van der Waals surface area contributed by atoms with E-state index in [2.05, 4.69) is 17.4 Å². The number of rotatable bonds is 9. The summed E-state index contributed by atoms with van der Waals surface area (Å²) in [7, 11) is 0. The third-order valence-electron chi connectivity index (χ3n) is 3.16. The zero-order chi connectivity index (χ0) is 15.0. The van der Waals surface area contributed by atoms with Crippen molar-refractivity contribution in [2.24, 2.45) is 0 Å². The van der Waals surface area contributed by atoms with Crippen LogP contribution in [0.5, 0.6) is 0 Å². The monoisotopic (exact) mass is 295 g/mol. The lowest BCUT2D eigenvalue weighted by atomic mass is 9.95. The van der Waals surface area contributed by atoms with Crippen molar-refractivity contribution in [3.8, 4) is 0 Å². The fraction of sp³-hybridized carbons (Fsp3) is 0.562. The summed E-state index contributed by atoms with van der Waals surface area (Å²) >= 11 is 1.86. The van der Waals surface area contributed by atoms with E-state index in [0.29, 0.717) is 6.42 Å². The predicted molar refractivity (Wildman–Crippen MR) is 86.2 cm³/mol. The van der Waals surface area contributed by atoms with Crippen LogP contribution >= 0.6 is 11.8 Å². The summed E-state index contributed by atoms with van der Waals surface area (Å²) < 4.78 is 0. The van der Waals surface area contributed by atoms with Crippen LogP contribution in [0.4, 0.5) is 0 Å². The number of nitrogens with one attached hydrogen (secondary N) is 1. The van der Waals surface area contributed by atoms with Crippen molar-refractivity contribution in [2.45, 2.75) is 50.9 Å². The zero-order valence-electron chi connectivity index (χ0n) is 12.6. The molecule has 0 saturated heterocycles. The first kappa shape index (κ1) is 17.1. The van der Waals surface area contributed by atoms with E-state index in [4.69, 9.17) is 0 Å². The highest BCUT2D eigenvalue weighted by atomic mass is 32.2. The van der Waals surface area contributed by atoms with E-state index in [1.54, 1.807) is 6.92 Å². The Morgan fingerprint density at radius 1 is 1.35 bits per heavy atom. The van der Waals surface area contributed by atoms with Gasteiger partial charge in [0.15, 0.2) is 0 Å². The minimum absolute atomic E-state index is 0.174. The maximum atomic E-state index is 11.4. The first-order chi connectivity index (χ1) is 9.44. The molecule has 0 saturated carbocycles. The SMILES string of the molecule is CC(C)NC(C)(CCCSCc1ccccc1)C(=O)O. The van der Waals surface area contributed by atoms with Crippen LogP contribution in [0.3, 0.4) is 0 Å². The van der Waals surface area contributed by atoms with E-state index in [0.717, 1.165) is 17.9 Å². The molecule has 0 aromatic heterocycles. The molecule has 1 aromatic carbocycles. The van der Waals surface area contributed by atoms with Gasteiger partial charge in [-0.05, 0) is 44.9 Å². The fourth-order valence-electron chi connectivity index (χ4n) is 2.17. The number of thioether (sulfide) groups is 1. The lowest BCUT2D eigenvalue weighted by molar-refractivity contribution is -0.144. The number of aliphatic carboxylic acids is 1. The van der Waals surface area contributed by atoms with Gasteiger partial charge in [0.25, 0.3) is 0 Å². The lowest BCUT2D eigenvalue weighted by Crippen LogP contribution is -2.52. The number of benzene rings is 1. The molecule has 1 unspecified atom stereocenters. The predicted octanol–water partition coefficient (Wildman–Crippen LogP) is 3.54. The Morgan fingerprint density at radius 2 is 2.00 bits per heavy atom. The van der Waals surface area contributed by atoms with Gasteiger partial charge in [-0.3, -0.25) is 10.1 Å². The smallest absolute Gasteiger partial charge is 0.323 e. The third kappa shape index (κ3) is 5.97. The van der Waals surface area contributed by atoms with E-state index >= 15 is 0 Å². The van der Waals surface area contributed by atoms with E-state index in [1.807, 2.05) is 43.8 Å². The molecule has 0 bridgehead atoms. The van der Waals surface area contributed by atoms with Gasteiger partial charge in [0.2, 0.25) is 0 Å². The molecule has 1 atom stereocenters. The van der Waals surface area contributed by atoms with Crippen LogP contribution in [0.1, 0.15) is 39.2 Å². The summed E-state index contributed by atoms with van der Waals surface area (Å²) in [6, 6.07) is 10.5. The molecule has 0 fully saturated rings. The van der Waals surface area contributed by atoms with Crippen LogP contribution in [0.2, 0.25) is 0 Å². The highest BCUT2D eigenvalue weighted by Crippen LogP contribution is 2.18. The van der Waals surface area contributed by atoms with Crippen LogP contribution in [0.15, 0.2) is 30.3 Å². The van der Waals surface area contributed by atoms with Crippen molar-refractivity contribution < 1.29 is 9.90 Å². The van der Waals surface area contributed by atoms with Gasteiger partial charge < -0.3 is 5.11 Å². The highest BCUT2D eigenvalue weighted by Gasteiger charge is 2.32. The molecular formula is C16H25NO2S. The fourth-order valence-corrected chi connectivity index (χ4v) is 3.09. The van der Waals surface area contributed by atoms with Gasteiger partial charge in [-0.1, -0.05) is 30.3 Å². The number of hydrogen-bond acceptors (Lipinski definition) is 3. The normalized spacial score (nSPS) is 14.2. The highest BCUT2D eigenvalue weighted by molar-refractivity contribution is 7.98. The largest absolute Gasteiger partial charge is 0.480 e. The van der Waals surface area contributed by atoms with Crippen LogP contribution in [-0.4, -0.2) is 28.4 Å². The number of carboxylic acids is 1. The summed E-state index contributed by atoms with van der Waals surface area (Å²) in [6.07, 6.45) is 1.56. The summed E-state index contributed by atoms with van der Waals surface area (Å²) in [4.78, 5) is 11.4. The molecule has 0 spiro atoms. The van der Waals surface area contributed by atoms with Gasteiger partial charge >= 0.3 is 5.97 Å². The second kappa shape index (κ2) is 8.32. The molecule has 3 nitrogen and oxygen atoms in total. The Kier molecular flexibility index (Phi) is 7.10. The topological polar surface area (TPSA) is 49.3 Å². The minimum atomic E-state index is -0.818. The van der Waals surface area contributed by atoms with Gasteiger partial charge in [0.1, 0.15) is 5.54 Å². The molecule has 0 aliphatic heterocycles. The van der Waals surface area contributed by atoms with Gasteiger partial charge in [-0.25, -0.2) is 0 Å². The van der Waals surface area contributed by atoms with E-state index in [1.165, 1.54) is 5.56 Å². The van der Waals surface area contributed by atoms with Crippen molar-refractivity contribution >= 4 is 17.7 Å². The summed E-state index contributed by atoms with van der Waals surface area (Å²) in [5.41, 5.74) is 0.500. The molecule has 1 rings (SSSR count). The molecule has 0 aliphatic rings. The summed E-state index contributed by atoms with van der Waals surface area (Å²) in [6.45, 7) is 5.73.